The minimum absolute atomic E-state index is 0.209. The van der Waals surface area contributed by atoms with Crippen LogP contribution in [0.5, 0.6) is 0 Å². The molecule has 14 heavy (non-hydrogen) atoms. The molecule has 0 aromatic rings. The Bertz CT molecular complexity index is 260. The molecule has 2 N–H and O–H groups in total. The van der Waals surface area contributed by atoms with Crippen molar-refractivity contribution in [3.8, 4) is 0 Å². The Morgan fingerprint density at radius 2 is 2.29 bits per heavy atom. The molecule has 0 aliphatic carbocycles. The molecule has 2 atom stereocenters. The molecule has 0 aromatic heterocycles. The maximum Gasteiger partial charge on any atom is 0.308 e. The maximum absolute atomic E-state index is 11.2. The Morgan fingerprint density at radius 3 is 2.79 bits per heavy atom. The first-order valence-corrected chi connectivity index (χ1v) is 5.07. The third-order valence-electron chi connectivity index (χ3n) is 3.96. The minimum Gasteiger partial charge on any atom is -0.481 e. The molecule has 0 radical (unpaired) electrons. The molecule has 2 heterocycles. The van der Waals surface area contributed by atoms with Gasteiger partial charge < -0.3 is 15.2 Å². The molecule has 0 aromatic carbocycles. The van der Waals surface area contributed by atoms with Gasteiger partial charge in [-0.05, 0) is 20.3 Å². The van der Waals surface area contributed by atoms with Gasteiger partial charge in [-0.3, -0.25) is 4.79 Å². The van der Waals surface area contributed by atoms with Gasteiger partial charge in [0.05, 0.1) is 11.5 Å². The second-order valence-electron chi connectivity index (χ2n) is 4.79. The molecule has 2 saturated heterocycles. The Morgan fingerprint density at radius 1 is 1.57 bits per heavy atom. The molecule has 4 nitrogen and oxygen atoms in total. The van der Waals surface area contributed by atoms with Gasteiger partial charge in [0.25, 0.3) is 0 Å². The molecule has 2 unspecified atom stereocenters. The molecule has 2 aliphatic rings. The van der Waals surface area contributed by atoms with E-state index in [-0.39, 0.29) is 16.9 Å². The molecule has 1 spiro atoms. The van der Waals surface area contributed by atoms with Crippen LogP contribution in [0.2, 0.25) is 0 Å². The predicted octanol–water partition coefficient (Wildman–Crippen LogP) is 0.476. The summed E-state index contributed by atoms with van der Waals surface area (Å²) in [6.45, 7) is 6.02. The summed E-state index contributed by atoms with van der Waals surface area (Å²) < 4.78 is 5.66. The highest BCUT2D eigenvalue weighted by Crippen LogP contribution is 2.50. The predicted molar refractivity (Wildman–Crippen MR) is 51.1 cm³/mol. The van der Waals surface area contributed by atoms with Crippen LogP contribution in [-0.2, 0) is 9.53 Å². The number of aliphatic carboxylic acids is 1. The van der Waals surface area contributed by atoms with Crippen LogP contribution in [0.15, 0.2) is 0 Å². The van der Waals surface area contributed by atoms with Crippen molar-refractivity contribution < 1.29 is 14.6 Å². The van der Waals surface area contributed by atoms with Crippen molar-refractivity contribution in [1.82, 2.24) is 5.32 Å². The van der Waals surface area contributed by atoms with Gasteiger partial charge in [0.2, 0.25) is 0 Å². The SMILES string of the molecule is CC1(C)OCCC12CNCC2C(=O)O. The van der Waals surface area contributed by atoms with Crippen LogP contribution in [0.3, 0.4) is 0 Å². The monoisotopic (exact) mass is 199 g/mol. The zero-order valence-electron chi connectivity index (χ0n) is 8.67. The fourth-order valence-corrected chi connectivity index (χ4v) is 2.91. The van der Waals surface area contributed by atoms with Crippen LogP contribution >= 0.6 is 0 Å². The number of nitrogens with one attached hydrogen (secondary N) is 1. The first-order chi connectivity index (χ1) is 6.50. The third kappa shape index (κ3) is 1.10. The van der Waals surface area contributed by atoms with Crippen molar-refractivity contribution in [3.63, 3.8) is 0 Å². The zero-order chi connectivity index (χ0) is 10.4. The average molecular weight is 199 g/mol. The first kappa shape index (κ1) is 9.93. The van der Waals surface area contributed by atoms with Crippen LogP contribution in [0.4, 0.5) is 0 Å². The van der Waals surface area contributed by atoms with E-state index in [1.54, 1.807) is 0 Å². The standard InChI is InChI=1S/C10H17NO3/c1-9(2)10(3-4-14-9)6-11-5-7(10)8(12)13/h7,11H,3-6H2,1-2H3,(H,12,13). The number of rotatable bonds is 1. The Kier molecular flexibility index (Phi) is 2.08. The molecular formula is C10H17NO3. The fraction of sp³-hybridized carbons (Fsp3) is 0.900. The molecule has 2 aliphatic heterocycles. The summed E-state index contributed by atoms with van der Waals surface area (Å²) in [5.41, 5.74) is -0.529. The van der Waals surface area contributed by atoms with Gasteiger partial charge in [-0.2, -0.15) is 0 Å². The van der Waals surface area contributed by atoms with Crippen molar-refractivity contribution in [2.75, 3.05) is 19.7 Å². The van der Waals surface area contributed by atoms with Gasteiger partial charge in [0.1, 0.15) is 0 Å². The highest BCUT2D eigenvalue weighted by Gasteiger charge is 2.59. The van der Waals surface area contributed by atoms with Crippen molar-refractivity contribution in [2.24, 2.45) is 11.3 Å². The number of ether oxygens (including phenoxy) is 1. The lowest BCUT2D eigenvalue weighted by molar-refractivity contribution is -0.149. The van der Waals surface area contributed by atoms with E-state index in [1.807, 2.05) is 13.8 Å². The third-order valence-corrected chi connectivity index (χ3v) is 3.96. The van der Waals surface area contributed by atoms with Gasteiger partial charge >= 0.3 is 5.97 Å². The lowest BCUT2D eigenvalue weighted by Crippen LogP contribution is -2.48. The maximum atomic E-state index is 11.2. The molecule has 0 saturated carbocycles. The van der Waals surface area contributed by atoms with Gasteiger partial charge in [-0.1, -0.05) is 0 Å². The van der Waals surface area contributed by atoms with E-state index in [1.165, 1.54) is 0 Å². The fourth-order valence-electron chi connectivity index (χ4n) is 2.91. The Labute approximate surface area is 83.6 Å². The normalized spacial score (nSPS) is 40.6. The number of carboxylic acid groups (broad SMARTS) is 1. The van der Waals surface area contributed by atoms with Gasteiger partial charge in [0.15, 0.2) is 0 Å². The van der Waals surface area contributed by atoms with Gasteiger partial charge in [-0.25, -0.2) is 0 Å². The minimum atomic E-state index is -0.700. The zero-order valence-corrected chi connectivity index (χ0v) is 8.67. The van der Waals surface area contributed by atoms with Crippen molar-refractivity contribution in [3.05, 3.63) is 0 Å². The number of carboxylic acids is 1. The topological polar surface area (TPSA) is 58.6 Å². The number of hydrogen-bond donors (Lipinski definition) is 2. The molecular weight excluding hydrogens is 182 g/mol. The van der Waals surface area contributed by atoms with Crippen molar-refractivity contribution >= 4 is 5.97 Å². The second kappa shape index (κ2) is 2.94. The van der Waals surface area contributed by atoms with Crippen LogP contribution in [0, 0.1) is 11.3 Å². The summed E-state index contributed by atoms with van der Waals surface area (Å²) in [5.74, 6) is -1.01. The van der Waals surface area contributed by atoms with Crippen molar-refractivity contribution in [1.29, 1.82) is 0 Å². The highest BCUT2D eigenvalue weighted by molar-refractivity contribution is 5.72. The molecule has 0 bridgehead atoms. The van der Waals surface area contributed by atoms with E-state index in [2.05, 4.69) is 5.32 Å². The molecule has 4 heteroatoms. The summed E-state index contributed by atoms with van der Waals surface area (Å²) in [6.07, 6.45) is 0.851. The molecule has 2 fully saturated rings. The summed E-state index contributed by atoms with van der Waals surface area (Å²) in [6, 6.07) is 0. The smallest absolute Gasteiger partial charge is 0.308 e. The van der Waals surface area contributed by atoms with E-state index >= 15 is 0 Å². The van der Waals surface area contributed by atoms with E-state index in [0.717, 1.165) is 13.0 Å². The summed E-state index contributed by atoms with van der Waals surface area (Å²) in [4.78, 5) is 11.2. The molecule has 2 rings (SSSR count). The average Bonchev–Trinajstić information content (AvgIpc) is 2.59. The van der Waals surface area contributed by atoms with Crippen LogP contribution in [0.1, 0.15) is 20.3 Å². The Balaban J connectivity index is 2.34. The molecule has 0 amide bonds. The number of hydrogen-bond acceptors (Lipinski definition) is 3. The van der Waals surface area contributed by atoms with Gasteiger partial charge in [0, 0.05) is 25.1 Å². The lowest BCUT2D eigenvalue weighted by Gasteiger charge is -2.39. The van der Waals surface area contributed by atoms with E-state index in [0.29, 0.717) is 13.2 Å². The molecule has 80 valence electrons. The van der Waals surface area contributed by atoms with E-state index in [9.17, 15) is 9.90 Å². The summed E-state index contributed by atoms with van der Waals surface area (Å²) in [7, 11) is 0. The highest BCUT2D eigenvalue weighted by atomic mass is 16.5. The summed E-state index contributed by atoms with van der Waals surface area (Å²) in [5, 5.41) is 12.4. The van der Waals surface area contributed by atoms with Crippen molar-refractivity contribution in [2.45, 2.75) is 25.9 Å². The number of carbonyl (C=O) groups is 1. The van der Waals surface area contributed by atoms with E-state index in [4.69, 9.17) is 4.74 Å². The van der Waals surface area contributed by atoms with Gasteiger partial charge in [-0.15, -0.1) is 0 Å². The summed E-state index contributed by atoms with van der Waals surface area (Å²) >= 11 is 0. The second-order valence-corrected chi connectivity index (χ2v) is 4.79. The van der Waals surface area contributed by atoms with Crippen LogP contribution < -0.4 is 5.32 Å². The van der Waals surface area contributed by atoms with E-state index < -0.39 is 5.97 Å². The van der Waals surface area contributed by atoms with Crippen LogP contribution in [-0.4, -0.2) is 36.4 Å². The lowest BCUT2D eigenvalue weighted by atomic mass is 9.66. The first-order valence-electron chi connectivity index (χ1n) is 5.07. The van der Waals surface area contributed by atoms with Crippen LogP contribution in [0.25, 0.3) is 0 Å². The largest absolute Gasteiger partial charge is 0.481 e. The Hall–Kier alpha value is -0.610. The quantitative estimate of drug-likeness (QED) is 0.644.